The van der Waals surface area contributed by atoms with E-state index in [9.17, 15) is 5.11 Å². The quantitative estimate of drug-likeness (QED) is 0.364. The molecule has 41 heavy (non-hydrogen) atoms. The number of rotatable bonds is 10. The molecule has 2 aromatic carbocycles. The molecule has 1 aliphatic carbocycles. The number of phenolic OH excluding ortho intramolecular Hbond substituents is 1. The smallest absolute Gasteiger partial charge is 0.319 e. The van der Waals surface area contributed by atoms with Crippen LogP contribution in [0.4, 0.5) is 10.2 Å². The second-order valence-corrected chi connectivity index (χ2v) is 12.3. The van der Waals surface area contributed by atoms with E-state index < -0.39 is 5.41 Å². The molecule has 0 spiro atoms. The number of benzene rings is 2. The lowest BCUT2D eigenvalue weighted by atomic mass is 9.74. The van der Waals surface area contributed by atoms with Crippen LogP contribution in [0.5, 0.6) is 11.8 Å². The van der Waals surface area contributed by atoms with Crippen LogP contribution in [0.2, 0.25) is 0 Å². The van der Waals surface area contributed by atoms with E-state index in [1.54, 1.807) is 12.1 Å². The number of unbranched alkanes of at least 4 members (excludes halogenated alkanes) is 1. The van der Waals surface area contributed by atoms with Crippen molar-refractivity contribution in [2.75, 3.05) is 44.7 Å². The summed E-state index contributed by atoms with van der Waals surface area (Å²) >= 11 is 0. The van der Waals surface area contributed by atoms with E-state index in [0.717, 1.165) is 72.8 Å². The Morgan fingerprint density at radius 1 is 1.12 bits per heavy atom. The number of piperazine rings is 1. The fourth-order valence-corrected chi connectivity index (χ4v) is 6.74. The number of anilines is 1. The molecule has 0 saturated carbocycles. The van der Waals surface area contributed by atoms with Gasteiger partial charge in [0.05, 0.1) is 12.0 Å². The highest BCUT2D eigenvalue weighted by Gasteiger charge is 2.38. The molecule has 0 amide bonds. The molecular weight excluding hydrogens is 517 g/mol. The molecule has 3 heterocycles. The van der Waals surface area contributed by atoms with E-state index in [1.807, 2.05) is 31.2 Å². The fraction of sp³-hybridized carbons (Fsp3) is 0.515. The lowest BCUT2D eigenvalue weighted by Crippen LogP contribution is -2.54. The first-order valence-corrected chi connectivity index (χ1v) is 15.2. The van der Waals surface area contributed by atoms with Crippen molar-refractivity contribution in [3.05, 3.63) is 52.5 Å². The first-order valence-electron chi connectivity index (χ1n) is 15.2. The number of hydrogen-bond acceptors (Lipinski definition) is 7. The summed E-state index contributed by atoms with van der Waals surface area (Å²) in [6.45, 7) is 8.25. The number of nitrogens with one attached hydrogen (secondary N) is 1. The SMILES string of the molecule is CCCCN(C)CCCOc1nc(N2CC3CCC(C2)N3)c2c(n1)=C(F)C(C)(c1cc(O)cc3ccccc13)CC=2. The zero-order chi connectivity index (χ0) is 28.6. The molecule has 2 N–H and O–H groups in total. The lowest BCUT2D eigenvalue weighted by molar-refractivity contribution is 0.247. The van der Waals surface area contributed by atoms with Gasteiger partial charge in [-0.05, 0) is 81.1 Å². The summed E-state index contributed by atoms with van der Waals surface area (Å²) in [7, 11) is 2.13. The molecule has 3 unspecified atom stereocenters. The average Bonchev–Trinajstić information content (AvgIpc) is 3.32. The van der Waals surface area contributed by atoms with Crippen LogP contribution in [0.15, 0.2) is 36.4 Å². The van der Waals surface area contributed by atoms with Crippen molar-refractivity contribution < 1.29 is 14.2 Å². The van der Waals surface area contributed by atoms with Gasteiger partial charge < -0.3 is 25.0 Å². The Balaban J connectivity index is 1.39. The number of ether oxygens (including phenoxy) is 1. The Morgan fingerprint density at radius 2 is 1.88 bits per heavy atom. The highest BCUT2D eigenvalue weighted by Crippen LogP contribution is 2.43. The van der Waals surface area contributed by atoms with Crippen LogP contribution in [-0.4, -0.2) is 71.9 Å². The maximum absolute atomic E-state index is 16.9. The minimum absolute atomic E-state index is 0.131. The van der Waals surface area contributed by atoms with Gasteiger partial charge in [-0.25, -0.2) is 4.39 Å². The Morgan fingerprint density at radius 3 is 2.66 bits per heavy atom. The fourth-order valence-electron chi connectivity index (χ4n) is 6.74. The van der Waals surface area contributed by atoms with Gasteiger partial charge in [0, 0.05) is 36.9 Å². The van der Waals surface area contributed by atoms with Gasteiger partial charge in [0.2, 0.25) is 0 Å². The van der Waals surface area contributed by atoms with Gasteiger partial charge >= 0.3 is 6.01 Å². The van der Waals surface area contributed by atoms with Crippen LogP contribution in [0.1, 0.15) is 57.9 Å². The zero-order valence-electron chi connectivity index (χ0n) is 24.5. The van der Waals surface area contributed by atoms with E-state index in [1.165, 1.54) is 12.8 Å². The van der Waals surface area contributed by atoms with Crippen LogP contribution in [0.25, 0.3) is 22.7 Å². The third-order valence-electron chi connectivity index (χ3n) is 9.08. The molecular formula is C33H42FN5O2. The molecule has 3 atom stereocenters. The number of aromatic hydroxyl groups is 1. The molecule has 7 nitrogen and oxygen atoms in total. The largest absolute Gasteiger partial charge is 0.508 e. The molecule has 2 fully saturated rings. The van der Waals surface area contributed by atoms with E-state index in [-0.39, 0.29) is 17.6 Å². The molecule has 8 heteroatoms. The minimum Gasteiger partial charge on any atom is -0.508 e. The topological polar surface area (TPSA) is 73.8 Å². The van der Waals surface area contributed by atoms with Crippen molar-refractivity contribution in [2.45, 2.75) is 69.9 Å². The average molecular weight is 560 g/mol. The van der Waals surface area contributed by atoms with Crippen LogP contribution in [0.3, 0.4) is 0 Å². The van der Waals surface area contributed by atoms with Crippen LogP contribution < -0.4 is 25.5 Å². The third-order valence-corrected chi connectivity index (χ3v) is 9.08. The Kier molecular flexibility index (Phi) is 7.88. The third kappa shape index (κ3) is 5.52. The summed E-state index contributed by atoms with van der Waals surface area (Å²) in [5.74, 6) is 0.587. The van der Waals surface area contributed by atoms with Crippen molar-refractivity contribution in [1.82, 2.24) is 20.2 Å². The predicted octanol–water partition coefficient (Wildman–Crippen LogP) is 4.00. The maximum Gasteiger partial charge on any atom is 0.319 e. The van der Waals surface area contributed by atoms with Crippen LogP contribution in [0, 0.1) is 0 Å². The van der Waals surface area contributed by atoms with Crippen molar-refractivity contribution in [1.29, 1.82) is 0 Å². The number of fused-ring (bicyclic) bond motifs is 4. The second kappa shape index (κ2) is 11.6. The summed E-state index contributed by atoms with van der Waals surface area (Å²) in [5, 5.41) is 17.1. The highest BCUT2D eigenvalue weighted by atomic mass is 19.1. The summed E-state index contributed by atoms with van der Waals surface area (Å²) in [5.41, 5.74) is -0.232. The van der Waals surface area contributed by atoms with Gasteiger partial charge in [0.1, 0.15) is 22.7 Å². The van der Waals surface area contributed by atoms with E-state index in [0.29, 0.717) is 30.5 Å². The monoisotopic (exact) mass is 559 g/mol. The first kappa shape index (κ1) is 27.9. The van der Waals surface area contributed by atoms with Crippen LogP contribution >= 0.6 is 0 Å². The van der Waals surface area contributed by atoms with E-state index in [4.69, 9.17) is 14.7 Å². The van der Waals surface area contributed by atoms with Gasteiger partial charge in [-0.2, -0.15) is 9.97 Å². The predicted molar refractivity (Wildman–Crippen MR) is 163 cm³/mol. The van der Waals surface area contributed by atoms with Crippen molar-refractivity contribution in [3.8, 4) is 11.8 Å². The summed E-state index contributed by atoms with van der Waals surface area (Å²) in [6, 6.07) is 12.3. The van der Waals surface area contributed by atoms with Gasteiger partial charge in [-0.3, -0.25) is 0 Å². The zero-order valence-corrected chi connectivity index (χ0v) is 24.5. The molecule has 2 aliphatic heterocycles. The van der Waals surface area contributed by atoms with Crippen molar-refractivity contribution in [2.24, 2.45) is 0 Å². The van der Waals surface area contributed by atoms with Gasteiger partial charge in [-0.15, -0.1) is 0 Å². The Labute approximate surface area is 241 Å². The molecule has 218 valence electrons. The Hall–Kier alpha value is -3.23. The number of phenols is 1. The van der Waals surface area contributed by atoms with Gasteiger partial charge in [-0.1, -0.05) is 43.7 Å². The maximum atomic E-state index is 16.9. The summed E-state index contributed by atoms with van der Waals surface area (Å²) < 4.78 is 23.0. The highest BCUT2D eigenvalue weighted by molar-refractivity contribution is 5.90. The standard InChI is InChI=1S/C33H42FN5O2/c1-4-5-15-38(3)16-8-17-41-32-36-29-27(31(37-32)39-20-23-11-12-24(21-39)35-23)13-14-33(2,30(29)34)28-19-25(40)18-22-9-6-7-10-26(22)28/h6-7,9-10,13,18-19,23-24,35,40H,4-5,8,11-12,14-17,20-21H2,1-3H3. The molecule has 2 bridgehead atoms. The molecule has 3 aromatic rings. The molecule has 6 rings (SSSR count). The first-order chi connectivity index (χ1) is 19.9. The van der Waals surface area contributed by atoms with Crippen LogP contribution in [-0.2, 0) is 5.41 Å². The normalized spacial score (nSPS) is 23.6. The minimum atomic E-state index is -0.987. The lowest BCUT2D eigenvalue weighted by Gasteiger charge is -2.35. The number of hydrogen-bond donors (Lipinski definition) is 2. The van der Waals surface area contributed by atoms with E-state index >= 15 is 4.39 Å². The van der Waals surface area contributed by atoms with Gasteiger partial charge in [0.15, 0.2) is 0 Å². The Bertz CT molecular complexity index is 1530. The van der Waals surface area contributed by atoms with Crippen molar-refractivity contribution in [3.63, 3.8) is 0 Å². The van der Waals surface area contributed by atoms with Gasteiger partial charge in [0.25, 0.3) is 0 Å². The molecule has 0 radical (unpaired) electrons. The van der Waals surface area contributed by atoms with E-state index in [2.05, 4.69) is 35.2 Å². The molecule has 2 saturated heterocycles. The van der Waals surface area contributed by atoms with Crippen molar-refractivity contribution >= 4 is 28.5 Å². The summed E-state index contributed by atoms with van der Waals surface area (Å²) in [6.07, 6.45) is 8.03. The second-order valence-electron chi connectivity index (χ2n) is 12.3. The number of halogens is 1. The number of nitrogens with zero attached hydrogens (tertiary/aromatic N) is 4. The summed E-state index contributed by atoms with van der Waals surface area (Å²) in [4.78, 5) is 14.2. The molecule has 3 aliphatic rings. The number of aromatic nitrogens is 2. The molecule has 1 aromatic heterocycles.